The zero-order valence-corrected chi connectivity index (χ0v) is 8.66. The molecular weight excluding hydrogens is 156 g/mol. The van der Waals surface area contributed by atoms with Crippen LogP contribution in [0.15, 0.2) is 0 Å². The summed E-state index contributed by atoms with van der Waals surface area (Å²) in [6, 6.07) is 0. The van der Waals surface area contributed by atoms with Crippen molar-refractivity contribution in [2.75, 3.05) is 41.3 Å². The van der Waals surface area contributed by atoms with E-state index in [9.17, 15) is 5.11 Å². The van der Waals surface area contributed by atoms with E-state index in [0.717, 1.165) is 6.54 Å². The number of hydrogen-bond acceptors (Lipinski definition) is 4. The standard InChI is InChI=1S/C8H20N2O2/c1-8(11,10(4)5)12-7-6-9(2)3/h11H,6-7H2,1-5H3. The zero-order chi connectivity index (χ0) is 9.78. The molecule has 0 saturated heterocycles. The first-order chi connectivity index (χ1) is 5.36. The van der Waals surface area contributed by atoms with E-state index in [1.807, 2.05) is 19.0 Å². The van der Waals surface area contributed by atoms with Gasteiger partial charge in [-0.2, -0.15) is 0 Å². The van der Waals surface area contributed by atoms with Crippen molar-refractivity contribution in [1.82, 2.24) is 9.80 Å². The van der Waals surface area contributed by atoms with Crippen molar-refractivity contribution >= 4 is 0 Å². The molecule has 0 heterocycles. The summed E-state index contributed by atoms with van der Waals surface area (Å²) in [6.07, 6.45) is 0. The fraction of sp³-hybridized carbons (Fsp3) is 1.00. The van der Waals surface area contributed by atoms with Crippen LogP contribution in [-0.4, -0.2) is 62.2 Å². The fourth-order valence-electron chi connectivity index (χ4n) is 0.551. The van der Waals surface area contributed by atoms with E-state index in [4.69, 9.17) is 4.74 Å². The Labute approximate surface area is 74.7 Å². The van der Waals surface area contributed by atoms with Gasteiger partial charge in [0.1, 0.15) is 0 Å². The van der Waals surface area contributed by atoms with Crippen LogP contribution < -0.4 is 0 Å². The molecule has 1 unspecified atom stereocenters. The summed E-state index contributed by atoms with van der Waals surface area (Å²) >= 11 is 0. The lowest BCUT2D eigenvalue weighted by atomic mass is 10.5. The van der Waals surface area contributed by atoms with Crippen molar-refractivity contribution in [1.29, 1.82) is 0 Å². The van der Waals surface area contributed by atoms with Crippen molar-refractivity contribution in [3.8, 4) is 0 Å². The fourth-order valence-corrected chi connectivity index (χ4v) is 0.551. The molecule has 0 aliphatic carbocycles. The first-order valence-corrected chi connectivity index (χ1v) is 4.05. The Hall–Kier alpha value is -0.160. The minimum absolute atomic E-state index is 0.526. The number of rotatable bonds is 5. The van der Waals surface area contributed by atoms with Gasteiger partial charge in [-0.3, -0.25) is 4.90 Å². The van der Waals surface area contributed by atoms with Crippen LogP contribution >= 0.6 is 0 Å². The van der Waals surface area contributed by atoms with Gasteiger partial charge in [-0.15, -0.1) is 0 Å². The van der Waals surface area contributed by atoms with Gasteiger partial charge < -0.3 is 14.7 Å². The number of hydrogen-bond donors (Lipinski definition) is 1. The Morgan fingerprint density at radius 3 is 2.08 bits per heavy atom. The lowest BCUT2D eigenvalue weighted by molar-refractivity contribution is -0.268. The smallest absolute Gasteiger partial charge is 0.223 e. The summed E-state index contributed by atoms with van der Waals surface area (Å²) in [4.78, 5) is 3.63. The summed E-state index contributed by atoms with van der Waals surface area (Å²) in [5.41, 5.74) is 0. The molecule has 0 rings (SSSR count). The van der Waals surface area contributed by atoms with Gasteiger partial charge in [0.25, 0.3) is 0 Å². The molecule has 4 heteroatoms. The Morgan fingerprint density at radius 2 is 1.75 bits per heavy atom. The number of aliphatic hydroxyl groups is 1. The van der Waals surface area contributed by atoms with Crippen LogP contribution in [0.5, 0.6) is 0 Å². The largest absolute Gasteiger partial charge is 0.353 e. The van der Waals surface area contributed by atoms with Crippen molar-refractivity contribution in [2.24, 2.45) is 0 Å². The summed E-state index contributed by atoms with van der Waals surface area (Å²) in [7, 11) is 7.48. The van der Waals surface area contributed by atoms with E-state index in [1.54, 1.807) is 25.9 Å². The normalized spacial score (nSPS) is 17.0. The Balaban J connectivity index is 3.61. The molecule has 1 N–H and O–H groups in total. The van der Waals surface area contributed by atoms with Gasteiger partial charge in [-0.1, -0.05) is 0 Å². The molecule has 0 radical (unpaired) electrons. The maximum Gasteiger partial charge on any atom is 0.223 e. The van der Waals surface area contributed by atoms with Gasteiger partial charge in [0.05, 0.1) is 6.61 Å². The molecule has 0 aromatic rings. The minimum Gasteiger partial charge on any atom is -0.353 e. The van der Waals surface area contributed by atoms with Crippen LogP contribution in [0.25, 0.3) is 0 Å². The number of ether oxygens (including phenoxy) is 1. The quantitative estimate of drug-likeness (QED) is 0.588. The Bertz CT molecular complexity index is 124. The second-order valence-corrected chi connectivity index (χ2v) is 3.48. The van der Waals surface area contributed by atoms with Crippen LogP contribution in [0.1, 0.15) is 6.92 Å². The molecule has 0 aliphatic heterocycles. The van der Waals surface area contributed by atoms with Crippen molar-refractivity contribution in [3.05, 3.63) is 0 Å². The third-order valence-electron chi connectivity index (χ3n) is 1.74. The highest BCUT2D eigenvalue weighted by Gasteiger charge is 2.23. The maximum atomic E-state index is 9.59. The van der Waals surface area contributed by atoms with E-state index >= 15 is 0 Å². The third-order valence-corrected chi connectivity index (χ3v) is 1.74. The van der Waals surface area contributed by atoms with Crippen molar-refractivity contribution in [2.45, 2.75) is 12.8 Å². The van der Waals surface area contributed by atoms with Crippen LogP contribution in [-0.2, 0) is 4.74 Å². The molecule has 1 atom stereocenters. The molecular formula is C8H20N2O2. The molecule has 0 saturated carbocycles. The number of nitrogens with zero attached hydrogens (tertiary/aromatic N) is 2. The first kappa shape index (κ1) is 11.8. The average molecular weight is 176 g/mol. The highest BCUT2D eigenvalue weighted by molar-refractivity contribution is 4.55. The third kappa shape index (κ3) is 4.66. The van der Waals surface area contributed by atoms with Gasteiger partial charge in [0, 0.05) is 13.5 Å². The molecule has 4 nitrogen and oxygen atoms in total. The van der Waals surface area contributed by atoms with Crippen LogP contribution in [0.3, 0.4) is 0 Å². The highest BCUT2D eigenvalue weighted by Crippen LogP contribution is 2.07. The average Bonchev–Trinajstić information content (AvgIpc) is 1.85. The molecule has 0 amide bonds. The van der Waals surface area contributed by atoms with Crippen LogP contribution in [0.4, 0.5) is 0 Å². The van der Waals surface area contributed by atoms with Gasteiger partial charge in [0.2, 0.25) is 5.91 Å². The molecule has 0 aromatic heterocycles. The van der Waals surface area contributed by atoms with Gasteiger partial charge in [-0.05, 0) is 28.2 Å². The second-order valence-electron chi connectivity index (χ2n) is 3.48. The first-order valence-electron chi connectivity index (χ1n) is 4.05. The molecule has 74 valence electrons. The lowest BCUT2D eigenvalue weighted by Crippen LogP contribution is -2.44. The summed E-state index contributed by atoms with van der Waals surface area (Å²) in [5.74, 6) is -1.16. The molecule has 0 aromatic carbocycles. The molecule has 12 heavy (non-hydrogen) atoms. The highest BCUT2D eigenvalue weighted by atomic mass is 16.6. The van der Waals surface area contributed by atoms with Crippen LogP contribution in [0, 0.1) is 0 Å². The lowest BCUT2D eigenvalue weighted by Gasteiger charge is -2.30. The van der Waals surface area contributed by atoms with E-state index in [1.165, 1.54) is 0 Å². The second kappa shape index (κ2) is 4.77. The van der Waals surface area contributed by atoms with Crippen molar-refractivity contribution in [3.63, 3.8) is 0 Å². The number of likely N-dealkylation sites (N-methyl/N-ethyl adjacent to an activating group) is 1. The van der Waals surface area contributed by atoms with E-state index in [-0.39, 0.29) is 0 Å². The van der Waals surface area contributed by atoms with E-state index in [0.29, 0.717) is 6.61 Å². The molecule has 0 aliphatic rings. The Morgan fingerprint density at radius 1 is 1.25 bits per heavy atom. The summed E-state index contributed by atoms with van der Waals surface area (Å²) in [6.45, 7) is 2.96. The van der Waals surface area contributed by atoms with Crippen LogP contribution in [0.2, 0.25) is 0 Å². The van der Waals surface area contributed by atoms with Gasteiger partial charge in [-0.25, -0.2) is 0 Å². The summed E-state index contributed by atoms with van der Waals surface area (Å²) in [5, 5.41) is 9.59. The van der Waals surface area contributed by atoms with Crippen molar-refractivity contribution < 1.29 is 9.84 Å². The Kier molecular flexibility index (Phi) is 4.70. The monoisotopic (exact) mass is 176 g/mol. The topological polar surface area (TPSA) is 35.9 Å². The van der Waals surface area contributed by atoms with E-state index in [2.05, 4.69) is 0 Å². The maximum absolute atomic E-state index is 9.59. The molecule has 0 bridgehead atoms. The minimum atomic E-state index is -1.16. The van der Waals surface area contributed by atoms with E-state index < -0.39 is 5.91 Å². The van der Waals surface area contributed by atoms with Gasteiger partial charge in [0.15, 0.2) is 0 Å². The molecule has 0 fully saturated rings. The predicted octanol–water partition coefficient (Wildman–Crippen LogP) is -0.208. The predicted molar refractivity (Wildman–Crippen MR) is 48.8 cm³/mol. The van der Waals surface area contributed by atoms with Gasteiger partial charge >= 0.3 is 0 Å². The molecule has 0 spiro atoms. The SMILES string of the molecule is CN(C)CCOC(C)(O)N(C)C. The zero-order valence-electron chi connectivity index (χ0n) is 8.66. The summed E-state index contributed by atoms with van der Waals surface area (Å²) < 4.78 is 5.24.